The van der Waals surface area contributed by atoms with Gasteiger partial charge in [0.2, 0.25) is 5.91 Å². The molecule has 4 rings (SSSR count). The molecule has 5 nitrogen and oxygen atoms in total. The molecule has 0 unspecified atom stereocenters. The molecule has 0 spiro atoms. The predicted octanol–water partition coefficient (Wildman–Crippen LogP) is 6.00. The second-order valence-corrected chi connectivity index (χ2v) is 9.25. The summed E-state index contributed by atoms with van der Waals surface area (Å²) in [5, 5.41) is 6.50. The van der Waals surface area contributed by atoms with E-state index in [1.54, 1.807) is 28.8 Å². The first-order valence-electron chi connectivity index (χ1n) is 9.85. The molecule has 162 valence electrons. The zero-order valence-corrected chi connectivity index (χ0v) is 19.7. The van der Waals surface area contributed by atoms with Gasteiger partial charge >= 0.3 is 0 Å². The topological polar surface area (TPSA) is 64.0 Å². The summed E-state index contributed by atoms with van der Waals surface area (Å²) in [5.41, 5.74) is 3.18. The first-order valence-corrected chi connectivity index (χ1v) is 12.1. The number of allylic oxidation sites excluding steroid dienone is 1. The second-order valence-electron chi connectivity index (χ2n) is 7.04. The number of nitrogens with zero attached hydrogens (tertiary/aromatic N) is 2. The van der Waals surface area contributed by atoms with E-state index in [0.717, 1.165) is 16.7 Å². The zero-order chi connectivity index (χ0) is 22.7. The molecule has 2 heterocycles. The van der Waals surface area contributed by atoms with Gasteiger partial charge in [-0.1, -0.05) is 65.8 Å². The molecule has 2 aromatic heterocycles. The van der Waals surface area contributed by atoms with Gasteiger partial charge in [0, 0.05) is 28.2 Å². The van der Waals surface area contributed by atoms with Crippen LogP contribution in [-0.4, -0.2) is 21.2 Å². The summed E-state index contributed by atoms with van der Waals surface area (Å²) in [5.74, 6) is -0.0890. The standard InChI is InChI=1S/C24H20ClN3O2S2/c1-3-12-28-23(30)21-17(16-8-5-4-6-9-16)13-31-22(21)27-24(28)32-14-20(29)26-19-11-7-10-18(25)15(19)2/h3-11,13H,1,12,14H2,2H3,(H,26,29). The molecule has 0 bridgehead atoms. The van der Waals surface area contributed by atoms with E-state index in [0.29, 0.717) is 32.6 Å². The first kappa shape index (κ1) is 22.3. The average Bonchev–Trinajstić information content (AvgIpc) is 3.22. The number of amides is 1. The van der Waals surface area contributed by atoms with Crippen LogP contribution in [0.5, 0.6) is 0 Å². The third kappa shape index (κ3) is 4.50. The van der Waals surface area contributed by atoms with Gasteiger partial charge in [0.25, 0.3) is 5.56 Å². The van der Waals surface area contributed by atoms with Crippen LogP contribution in [-0.2, 0) is 11.3 Å². The SMILES string of the molecule is C=CCn1c(SCC(=O)Nc2cccc(Cl)c2C)nc2scc(-c3ccccc3)c2c1=O. The highest BCUT2D eigenvalue weighted by molar-refractivity contribution is 7.99. The van der Waals surface area contributed by atoms with E-state index in [1.807, 2.05) is 42.6 Å². The Morgan fingerprint density at radius 3 is 2.78 bits per heavy atom. The maximum atomic E-state index is 13.4. The number of thioether (sulfide) groups is 1. The fraction of sp³-hybridized carbons (Fsp3) is 0.125. The number of hydrogen-bond donors (Lipinski definition) is 1. The van der Waals surface area contributed by atoms with Crippen molar-refractivity contribution in [3.8, 4) is 11.1 Å². The van der Waals surface area contributed by atoms with Gasteiger partial charge in [0.15, 0.2) is 5.16 Å². The largest absolute Gasteiger partial charge is 0.325 e. The third-order valence-corrected chi connectivity index (χ3v) is 7.19. The predicted molar refractivity (Wildman–Crippen MR) is 135 cm³/mol. The number of benzene rings is 2. The Hall–Kier alpha value is -2.87. The van der Waals surface area contributed by atoms with Gasteiger partial charge in [-0.15, -0.1) is 17.9 Å². The van der Waals surface area contributed by atoms with E-state index in [-0.39, 0.29) is 17.2 Å². The van der Waals surface area contributed by atoms with Crippen LogP contribution in [0.4, 0.5) is 5.69 Å². The molecule has 4 aromatic rings. The summed E-state index contributed by atoms with van der Waals surface area (Å²) in [6, 6.07) is 15.1. The first-order chi connectivity index (χ1) is 15.5. The fourth-order valence-corrected chi connectivity index (χ4v) is 5.27. The van der Waals surface area contributed by atoms with Crippen molar-refractivity contribution >= 4 is 56.5 Å². The Kier molecular flexibility index (Phi) is 6.79. The van der Waals surface area contributed by atoms with Gasteiger partial charge in [-0.05, 0) is 30.2 Å². The number of aromatic nitrogens is 2. The van der Waals surface area contributed by atoms with Crippen molar-refractivity contribution in [2.75, 3.05) is 11.1 Å². The number of anilines is 1. The number of hydrogen-bond acceptors (Lipinski definition) is 5. The minimum absolute atomic E-state index is 0.109. The molecule has 0 saturated heterocycles. The number of carbonyl (C=O) groups is 1. The monoisotopic (exact) mass is 481 g/mol. The van der Waals surface area contributed by atoms with Crippen molar-refractivity contribution in [1.29, 1.82) is 0 Å². The van der Waals surface area contributed by atoms with E-state index in [4.69, 9.17) is 16.6 Å². The van der Waals surface area contributed by atoms with Crippen molar-refractivity contribution < 1.29 is 4.79 Å². The molecule has 0 radical (unpaired) electrons. The Morgan fingerprint density at radius 2 is 2.03 bits per heavy atom. The van der Waals surface area contributed by atoms with Crippen LogP contribution >= 0.6 is 34.7 Å². The molecule has 1 amide bonds. The number of rotatable bonds is 7. The van der Waals surface area contributed by atoms with Gasteiger partial charge in [0.05, 0.1) is 11.1 Å². The lowest BCUT2D eigenvalue weighted by atomic mass is 10.1. The van der Waals surface area contributed by atoms with Crippen molar-refractivity contribution in [1.82, 2.24) is 9.55 Å². The van der Waals surface area contributed by atoms with Gasteiger partial charge in [-0.2, -0.15) is 0 Å². The fourth-order valence-electron chi connectivity index (χ4n) is 3.30. The Labute approximate surface area is 198 Å². The van der Waals surface area contributed by atoms with Crippen LogP contribution in [0.2, 0.25) is 5.02 Å². The number of nitrogens with one attached hydrogen (secondary N) is 1. The average molecular weight is 482 g/mol. The molecular formula is C24H20ClN3O2S2. The second kappa shape index (κ2) is 9.73. The summed E-state index contributed by atoms with van der Waals surface area (Å²) < 4.78 is 1.57. The highest BCUT2D eigenvalue weighted by atomic mass is 35.5. The lowest BCUT2D eigenvalue weighted by Gasteiger charge is -2.12. The maximum absolute atomic E-state index is 13.4. The van der Waals surface area contributed by atoms with Crippen molar-refractivity contribution in [2.24, 2.45) is 0 Å². The number of thiophene rings is 1. The number of carbonyl (C=O) groups excluding carboxylic acids is 1. The zero-order valence-electron chi connectivity index (χ0n) is 17.3. The molecule has 0 fully saturated rings. The van der Waals surface area contributed by atoms with E-state index in [2.05, 4.69) is 11.9 Å². The number of halogens is 1. The van der Waals surface area contributed by atoms with E-state index in [1.165, 1.54) is 23.1 Å². The van der Waals surface area contributed by atoms with Gasteiger partial charge < -0.3 is 5.32 Å². The summed E-state index contributed by atoms with van der Waals surface area (Å²) >= 11 is 8.78. The van der Waals surface area contributed by atoms with Crippen molar-refractivity contribution in [3.05, 3.63) is 87.5 Å². The summed E-state index contributed by atoms with van der Waals surface area (Å²) in [6.07, 6.45) is 1.66. The molecule has 2 aromatic carbocycles. The van der Waals surface area contributed by atoms with E-state index < -0.39 is 0 Å². The molecule has 1 N–H and O–H groups in total. The van der Waals surface area contributed by atoms with Crippen LogP contribution in [0, 0.1) is 6.92 Å². The summed E-state index contributed by atoms with van der Waals surface area (Å²) in [7, 11) is 0. The van der Waals surface area contributed by atoms with E-state index in [9.17, 15) is 9.59 Å². The summed E-state index contributed by atoms with van der Waals surface area (Å²) in [4.78, 5) is 31.3. The molecular weight excluding hydrogens is 462 g/mol. The highest BCUT2D eigenvalue weighted by Crippen LogP contribution is 2.32. The van der Waals surface area contributed by atoms with E-state index >= 15 is 0 Å². The Balaban J connectivity index is 1.63. The summed E-state index contributed by atoms with van der Waals surface area (Å²) in [6.45, 7) is 5.93. The minimum Gasteiger partial charge on any atom is -0.325 e. The molecule has 0 atom stereocenters. The quantitative estimate of drug-likeness (QED) is 0.199. The minimum atomic E-state index is -0.198. The normalized spacial score (nSPS) is 10.9. The Bertz CT molecular complexity index is 1360. The van der Waals surface area contributed by atoms with Crippen LogP contribution in [0.1, 0.15) is 5.56 Å². The Morgan fingerprint density at radius 1 is 1.25 bits per heavy atom. The lowest BCUT2D eigenvalue weighted by Crippen LogP contribution is -2.23. The van der Waals surface area contributed by atoms with Crippen molar-refractivity contribution in [2.45, 2.75) is 18.6 Å². The van der Waals surface area contributed by atoms with Crippen LogP contribution in [0.3, 0.4) is 0 Å². The van der Waals surface area contributed by atoms with Crippen LogP contribution < -0.4 is 10.9 Å². The molecule has 32 heavy (non-hydrogen) atoms. The maximum Gasteiger partial charge on any atom is 0.263 e. The van der Waals surface area contributed by atoms with Gasteiger partial charge in [0.1, 0.15) is 4.83 Å². The van der Waals surface area contributed by atoms with Crippen molar-refractivity contribution in [3.63, 3.8) is 0 Å². The molecule has 8 heteroatoms. The molecule has 0 aliphatic heterocycles. The van der Waals surface area contributed by atoms with Gasteiger partial charge in [-0.3, -0.25) is 14.2 Å². The third-order valence-electron chi connectivity index (χ3n) is 4.93. The molecule has 0 aliphatic rings. The lowest BCUT2D eigenvalue weighted by molar-refractivity contribution is -0.113. The molecule has 0 aliphatic carbocycles. The number of fused-ring (bicyclic) bond motifs is 1. The highest BCUT2D eigenvalue weighted by Gasteiger charge is 2.18. The van der Waals surface area contributed by atoms with Gasteiger partial charge in [-0.25, -0.2) is 4.98 Å². The smallest absolute Gasteiger partial charge is 0.263 e. The molecule has 0 saturated carbocycles. The van der Waals surface area contributed by atoms with Crippen LogP contribution in [0.25, 0.3) is 21.3 Å². The van der Waals surface area contributed by atoms with Crippen LogP contribution in [0.15, 0.2) is 76.5 Å².